The van der Waals surface area contributed by atoms with Crippen LogP contribution in [0.1, 0.15) is 0 Å². The molecule has 2 atom stereocenters. The van der Waals surface area contributed by atoms with E-state index < -0.39 is 23.9 Å². The summed E-state index contributed by atoms with van der Waals surface area (Å²) < 4.78 is 0. The lowest BCUT2D eigenvalue weighted by Crippen LogP contribution is -2.51. The van der Waals surface area contributed by atoms with Crippen molar-refractivity contribution < 1.29 is 9.59 Å². The van der Waals surface area contributed by atoms with Crippen molar-refractivity contribution in [2.75, 3.05) is 11.5 Å². The van der Waals surface area contributed by atoms with Crippen LogP contribution in [0.5, 0.6) is 0 Å². The fraction of sp³-hybridized carbons (Fsp3) is 0.667. The van der Waals surface area contributed by atoms with Crippen molar-refractivity contribution in [2.24, 2.45) is 11.5 Å². The van der Waals surface area contributed by atoms with Crippen LogP contribution in [0.4, 0.5) is 0 Å². The van der Waals surface area contributed by atoms with Crippen LogP contribution in [0.2, 0.25) is 0 Å². The Bertz CT molecular complexity index is 200. The lowest BCUT2D eigenvalue weighted by molar-refractivity contribution is -0.127. The van der Waals surface area contributed by atoms with E-state index in [2.05, 4.69) is 30.6 Å². The van der Waals surface area contributed by atoms with Gasteiger partial charge >= 0.3 is 0 Å². The third-order valence-corrected chi connectivity index (χ3v) is 2.13. The van der Waals surface area contributed by atoms with Crippen molar-refractivity contribution in [2.45, 2.75) is 12.1 Å². The Balaban J connectivity index is 4.09. The molecule has 0 aliphatic rings. The van der Waals surface area contributed by atoms with Gasteiger partial charge in [0.25, 0.3) is 0 Å². The second kappa shape index (κ2) is 6.11. The number of rotatable bonds is 5. The minimum atomic E-state index is -0.776. The van der Waals surface area contributed by atoms with Crippen LogP contribution < -0.4 is 16.8 Å². The molecule has 5 nitrogen and oxygen atoms in total. The Morgan fingerprint density at radius 1 is 1.31 bits per heavy atom. The number of amides is 2. The lowest BCUT2D eigenvalue weighted by atomic mass is 10.2. The van der Waals surface area contributed by atoms with Gasteiger partial charge in [-0.2, -0.15) is 25.3 Å². The Morgan fingerprint density at radius 2 is 1.85 bits per heavy atom. The van der Waals surface area contributed by atoms with Gasteiger partial charge in [0.1, 0.15) is 6.04 Å². The number of nitrogens with one attached hydrogen (secondary N) is 1. The molecule has 0 aromatic heterocycles. The summed E-state index contributed by atoms with van der Waals surface area (Å²) in [5.74, 6) is -0.716. The number of carbonyl (C=O) groups excluding carboxylic acids is 2. The van der Waals surface area contributed by atoms with Crippen LogP contribution >= 0.6 is 25.3 Å². The van der Waals surface area contributed by atoms with E-state index in [1.807, 2.05) is 0 Å². The van der Waals surface area contributed by atoms with Crippen molar-refractivity contribution in [3.05, 3.63) is 0 Å². The molecule has 13 heavy (non-hydrogen) atoms. The summed E-state index contributed by atoms with van der Waals surface area (Å²) in [7, 11) is 0. The second-order valence-electron chi connectivity index (χ2n) is 2.44. The molecule has 0 saturated heterocycles. The van der Waals surface area contributed by atoms with E-state index >= 15 is 0 Å². The molecule has 0 heterocycles. The van der Waals surface area contributed by atoms with Crippen LogP contribution in [-0.4, -0.2) is 35.4 Å². The van der Waals surface area contributed by atoms with Crippen LogP contribution in [0.3, 0.4) is 0 Å². The fourth-order valence-corrected chi connectivity index (χ4v) is 1.01. The van der Waals surface area contributed by atoms with E-state index in [-0.39, 0.29) is 11.5 Å². The van der Waals surface area contributed by atoms with Gasteiger partial charge in [-0.3, -0.25) is 9.59 Å². The Labute approximate surface area is 87.4 Å². The van der Waals surface area contributed by atoms with Crippen LogP contribution in [0.25, 0.3) is 0 Å². The average Bonchev–Trinajstić information content (AvgIpc) is 2.11. The van der Waals surface area contributed by atoms with Crippen molar-refractivity contribution in [1.82, 2.24) is 5.32 Å². The average molecular weight is 223 g/mol. The highest BCUT2D eigenvalue weighted by Crippen LogP contribution is 1.90. The molecule has 0 rings (SSSR count). The Kier molecular flexibility index (Phi) is 5.93. The molecule has 0 spiro atoms. The SMILES string of the molecule is NC(=O)[C@H](CS)NC(=O)[C@@H](N)CS. The van der Waals surface area contributed by atoms with E-state index in [0.717, 1.165) is 0 Å². The second-order valence-corrected chi connectivity index (χ2v) is 3.17. The van der Waals surface area contributed by atoms with Gasteiger partial charge in [-0.15, -0.1) is 0 Å². The van der Waals surface area contributed by atoms with Crippen LogP contribution in [0.15, 0.2) is 0 Å². The summed E-state index contributed by atoms with van der Waals surface area (Å²) in [6.45, 7) is 0. The molecule has 0 bridgehead atoms. The first-order chi connectivity index (χ1) is 6.02. The third-order valence-electron chi connectivity index (χ3n) is 1.38. The van der Waals surface area contributed by atoms with Crippen molar-refractivity contribution in [3.63, 3.8) is 0 Å². The maximum atomic E-state index is 11.1. The normalized spacial score (nSPS) is 14.7. The predicted molar refractivity (Wildman–Crippen MR) is 56.8 cm³/mol. The van der Waals surface area contributed by atoms with E-state index in [9.17, 15) is 9.59 Å². The highest BCUT2D eigenvalue weighted by molar-refractivity contribution is 7.80. The molecule has 0 aliphatic heterocycles. The highest BCUT2D eigenvalue weighted by atomic mass is 32.1. The lowest BCUT2D eigenvalue weighted by Gasteiger charge is -2.15. The Morgan fingerprint density at radius 3 is 2.15 bits per heavy atom. The number of carbonyl (C=O) groups is 2. The standard InChI is InChI=1S/C6H13N3O2S2/c7-3(1-12)6(11)9-4(2-13)5(8)10/h3-4,12-13H,1-2,7H2,(H2,8,10)(H,9,11)/t3-,4-/m0/s1. The van der Waals surface area contributed by atoms with Crippen molar-refractivity contribution in [3.8, 4) is 0 Å². The van der Waals surface area contributed by atoms with E-state index in [4.69, 9.17) is 11.5 Å². The summed E-state index contributed by atoms with van der Waals surface area (Å²) in [4.78, 5) is 21.8. The number of hydrogen-bond acceptors (Lipinski definition) is 5. The number of primary amides is 1. The molecule has 7 heteroatoms. The largest absolute Gasteiger partial charge is 0.368 e. The number of hydrogen-bond donors (Lipinski definition) is 5. The van der Waals surface area contributed by atoms with Crippen molar-refractivity contribution >= 4 is 37.1 Å². The van der Waals surface area contributed by atoms with Crippen LogP contribution in [-0.2, 0) is 9.59 Å². The molecule has 76 valence electrons. The minimum Gasteiger partial charge on any atom is -0.368 e. The van der Waals surface area contributed by atoms with Crippen LogP contribution in [0, 0.1) is 0 Å². The molecule has 0 fully saturated rings. The molecule has 5 N–H and O–H groups in total. The summed E-state index contributed by atoms with van der Waals surface area (Å²) in [5.41, 5.74) is 10.3. The molecular formula is C6H13N3O2S2. The van der Waals surface area contributed by atoms with Gasteiger partial charge in [-0.05, 0) is 0 Å². The van der Waals surface area contributed by atoms with Gasteiger partial charge in [-0.1, -0.05) is 0 Å². The first kappa shape index (κ1) is 12.6. The van der Waals surface area contributed by atoms with Gasteiger partial charge in [0.05, 0.1) is 6.04 Å². The fourth-order valence-electron chi connectivity index (χ4n) is 0.568. The molecule has 0 radical (unpaired) electrons. The van der Waals surface area contributed by atoms with Crippen molar-refractivity contribution in [1.29, 1.82) is 0 Å². The summed E-state index contributed by atoms with van der Waals surface area (Å²) in [6, 6.07) is -1.51. The summed E-state index contributed by atoms with van der Waals surface area (Å²) in [5, 5.41) is 2.35. The zero-order chi connectivity index (χ0) is 10.4. The molecule has 0 aliphatic carbocycles. The molecule has 2 amide bonds. The molecule has 0 saturated carbocycles. The first-order valence-corrected chi connectivity index (χ1v) is 4.86. The highest BCUT2D eigenvalue weighted by Gasteiger charge is 2.19. The third kappa shape index (κ3) is 4.39. The number of nitrogens with two attached hydrogens (primary N) is 2. The zero-order valence-corrected chi connectivity index (χ0v) is 8.72. The van der Waals surface area contributed by atoms with E-state index in [1.54, 1.807) is 0 Å². The maximum absolute atomic E-state index is 11.1. The van der Waals surface area contributed by atoms with Gasteiger partial charge < -0.3 is 16.8 Å². The molecule has 0 unspecified atom stereocenters. The van der Waals surface area contributed by atoms with E-state index in [1.165, 1.54) is 0 Å². The predicted octanol–water partition coefficient (Wildman–Crippen LogP) is -1.86. The quantitative estimate of drug-likeness (QED) is 0.354. The minimum absolute atomic E-state index is 0.153. The monoisotopic (exact) mass is 223 g/mol. The smallest absolute Gasteiger partial charge is 0.240 e. The maximum Gasteiger partial charge on any atom is 0.240 e. The van der Waals surface area contributed by atoms with Gasteiger partial charge in [0.2, 0.25) is 11.8 Å². The molecule has 0 aromatic carbocycles. The number of thiol groups is 2. The molecular weight excluding hydrogens is 210 g/mol. The zero-order valence-electron chi connectivity index (χ0n) is 6.93. The topological polar surface area (TPSA) is 98.2 Å². The van der Waals surface area contributed by atoms with Gasteiger partial charge in [0, 0.05) is 11.5 Å². The summed E-state index contributed by atoms with van der Waals surface area (Å²) in [6.07, 6.45) is 0. The first-order valence-electron chi connectivity index (χ1n) is 3.60. The van der Waals surface area contributed by atoms with Gasteiger partial charge in [-0.25, -0.2) is 0 Å². The van der Waals surface area contributed by atoms with Gasteiger partial charge in [0.15, 0.2) is 0 Å². The molecule has 0 aromatic rings. The summed E-state index contributed by atoms with van der Waals surface area (Å²) >= 11 is 7.69. The van der Waals surface area contributed by atoms with E-state index in [0.29, 0.717) is 0 Å². The Hall–Kier alpha value is -0.400.